The van der Waals surface area contributed by atoms with Crippen molar-refractivity contribution in [3.63, 3.8) is 0 Å². The maximum atomic E-state index is 13.1. The molecule has 3 rings (SSSR count). The average Bonchev–Trinajstić information content (AvgIpc) is 3.48. The molecule has 3 fully saturated rings. The topological polar surface area (TPSA) is 58.2 Å². The fraction of sp³-hybridized carbons (Fsp3) is 0.895. The van der Waals surface area contributed by atoms with Crippen LogP contribution in [-0.2, 0) is 9.59 Å². The van der Waals surface area contributed by atoms with Crippen molar-refractivity contribution in [2.75, 3.05) is 0 Å². The highest BCUT2D eigenvalue weighted by Crippen LogP contribution is 2.46. The number of alkyl halides is 6. The van der Waals surface area contributed by atoms with Crippen LogP contribution in [0.4, 0.5) is 26.3 Å². The molecule has 0 aliphatic heterocycles. The molecule has 0 radical (unpaired) electrons. The second kappa shape index (κ2) is 7.98. The van der Waals surface area contributed by atoms with Crippen molar-refractivity contribution in [1.82, 2.24) is 10.6 Å². The summed E-state index contributed by atoms with van der Waals surface area (Å²) < 4.78 is 78.8. The van der Waals surface area contributed by atoms with Gasteiger partial charge in [-0.2, -0.15) is 26.3 Å². The lowest BCUT2D eigenvalue weighted by Gasteiger charge is -2.30. The highest BCUT2D eigenvalue weighted by molar-refractivity contribution is 5.81. The minimum Gasteiger partial charge on any atom is -0.344 e. The van der Waals surface area contributed by atoms with Crippen molar-refractivity contribution in [2.24, 2.45) is 17.3 Å². The first-order valence-corrected chi connectivity index (χ1v) is 10.1. The minimum atomic E-state index is -4.54. The molecule has 0 saturated heterocycles. The number of halogens is 6. The molecule has 3 aliphatic rings. The zero-order valence-electron chi connectivity index (χ0n) is 16.0. The van der Waals surface area contributed by atoms with E-state index in [0.717, 1.165) is 0 Å². The van der Waals surface area contributed by atoms with Gasteiger partial charge in [0.05, 0.1) is 0 Å². The minimum absolute atomic E-state index is 0.278. The van der Waals surface area contributed by atoms with E-state index in [-0.39, 0.29) is 12.8 Å². The molecule has 0 aromatic heterocycles. The van der Waals surface area contributed by atoms with E-state index in [4.69, 9.17) is 0 Å². The third kappa shape index (κ3) is 6.01. The SMILES string of the molecule is O=C(CC1(CC(=O)NC(C2CC2)C(F)(F)F)CCCC1)NC(C1CC1)C(F)(F)F. The van der Waals surface area contributed by atoms with Crippen LogP contribution in [-0.4, -0.2) is 36.3 Å². The number of carbonyl (C=O) groups excluding carboxylic acids is 2. The van der Waals surface area contributed by atoms with Gasteiger partial charge in [0, 0.05) is 12.8 Å². The Bertz CT molecular complexity index is 571. The van der Waals surface area contributed by atoms with Gasteiger partial charge >= 0.3 is 12.4 Å². The Morgan fingerprint density at radius 2 is 1.10 bits per heavy atom. The van der Waals surface area contributed by atoms with Crippen LogP contribution in [0.1, 0.15) is 64.2 Å². The molecule has 0 aromatic carbocycles. The molecule has 2 atom stereocenters. The second-order valence-corrected chi connectivity index (χ2v) is 8.91. The van der Waals surface area contributed by atoms with E-state index < -0.39 is 53.5 Å². The first-order chi connectivity index (χ1) is 13.4. The van der Waals surface area contributed by atoms with Crippen LogP contribution in [0.3, 0.4) is 0 Å². The van der Waals surface area contributed by atoms with Gasteiger partial charge in [-0.3, -0.25) is 9.59 Å². The standard InChI is InChI=1S/C19H26F6N2O2/c20-18(21,22)15(11-3-4-11)26-13(28)9-17(7-1-2-8-17)10-14(29)27-16(12-5-6-12)19(23,24)25/h11-12,15-16H,1-10H2,(H,26,28)(H,27,29). The van der Waals surface area contributed by atoms with Gasteiger partial charge in [0.1, 0.15) is 12.1 Å². The summed E-state index contributed by atoms with van der Waals surface area (Å²) >= 11 is 0. The normalized spacial score (nSPS) is 24.1. The lowest BCUT2D eigenvalue weighted by atomic mass is 9.78. The average molecular weight is 428 g/mol. The number of hydrogen-bond donors (Lipinski definition) is 2. The Hall–Kier alpha value is -1.48. The van der Waals surface area contributed by atoms with E-state index >= 15 is 0 Å². The van der Waals surface area contributed by atoms with Crippen molar-refractivity contribution < 1.29 is 35.9 Å². The summed E-state index contributed by atoms with van der Waals surface area (Å²) in [4.78, 5) is 24.7. The molecular weight excluding hydrogens is 402 g/mol. The number of nitrogens with one attached hydrogen (secondary N) is 2. The Kier molecular flexibility index (Phi) is 6.11. The monoisotopic (exact) mass is 428 g/mol. The molecule has 166 valence electrons. The van der Waals surface area contributed by atoms with Gasteiger partial charge < -0.3 is 10.6 Å². The number of amides is 2. The summed E-state index contributed by atoms with van der Waals surface area (Å²) in [6.07, 6.45) is -5.77. The summed E-state index contributed by atoms with van der Waals surface area (Å²) in [6.45, 7) is 0. The quantitative estimate of drug-likeness (QED) is 0.568. The summed E-state index contributed by atoms with van der Waals surface area (Å²) in [7, 11) is 0. The third-order valence-corrected chi connectivity index (χ3v) is 6.26. The molecule has 0 aromatic rings. The Morgan fingerprint density at radius 3 is 1.38 bits per heavy atom. The van der Waals surface area contributed by atoms with Gasteiger partial charge in [-0.15, -0.1) is 0 Å². The summed E-state index contributed by atoms with van der Waals surface area (Å²) in [5.74, 6) is -2.81. The first kappa shape index (κ1) is 22.2. The van der Waals surface area contributed by atoms with Gasteiger partial charge in [0.15, 0.2) is 0 Å². The van der Waals surface area contributed by atoms with E-state index in [1.807, 2.05) is 0 Å². The molecular formula is C19H26F6N2O2. The molecule has 3 saturated carbocycles. The Morgan fingerprint density at radius 1 is 0.759 bits per heavy atom. The van der Waals surface area contributed by atoms with Crippen molar-refractivity contribution in [2.45, 2.75) is 88.6 Å². The molecule has 2 N–H and O–H groups in total. The van der Waals surface area contributed by atoms with Crippen LogP contribution in [0.5, 0.6) is 0 Å². The summed E-state index contributed by atoms with van der Waals surface area (Å²) in [6, 6.07) is -3.79. The van der Waals surface area contributed by atoms with E-state index in [0.29, 0.717) is 51.4 Å². The highest BCUT2D eigenvalue weighted by Gasteiger charge is 2.52. The predicted octanol–water partition coefficient (Wildman–Crippen LogP) is 4.24. The van der Waals surface area contributed by atoms with E-state index in [2.05, 4.69) is 10.6 Å². The van der Waals surface area contributed by atoms with Gasteiger partial charge in [0.25, 0.3) is 0 Å². The van der Waals surface area contributed by atoms with Crippen LogP contribution >= 0.6 is 0 Å². The van der Waals surface area contributed by atoms with Gasteiger partial charge in [-0.25, -0.2) is 0 Å². The highest BCUT2D eigenvalue weighted by atomic mass is 19.4. The van der Waals surface area contributed by atoms with Crippen LogP contribution in [0.25, 0.3) is 0 Å². The second-order valence-electron chi connectivity index (χ2n) is 8.91. The first-order valence-electron chi connectivity index (χ1n) is 10.1. The maximum absolute atomic E-state index is 13.1. The van der Waals surface area contributed by atoms with Crippen LogP contribution in [0, 0.1) is 17.3 Å². The molecule has 0 heterocycles. The molecule has 2 unspecified atom stereocenters. The molecule has 2 amide bonds. The molecule has 0 bridgehead atoms. The smallest absolute Gasteiger partial charge is 0.344 e. The molecule has 3 aliphatic carbocycles. The van der Waals surface area contributed by atoms with Crippen molar-refractivity contribution in [3.8, 4) is 0 Å². The number of carbonyl (C=O) groups is 2. The third-order valence-electron chi connectivity index (χ3n) is 6.26. The molecule has 10 heteroatoms. The van der Waals surface area contributed by atoms with Crippen LogP contribution in [0.15, 0.2) is 0 Å². The van der Waals surface area contributed by atoms with Crippen molar-refractivity contribution >= 4 is 11.8 Å². The van der Waals surface area contributed by atoms with Gasteiger partial charge in [-0.1, -0.05) is 12.8 Å². The number of rotatable bonds is 8. The number of hydrogen-bond acceptors (Lipinski definition) is 2. The van der Waals surface area contributed by atoms with E-state index in [1.54, 1.807) is 0 Å². The summed E-state index contributed by atoms with van der Waals surface area (Å²) in [5, 5.41) is 4.12. The lowest BCUT2D eigenvalue weighted by Crippen LogP contribution is -2.49. The fourth-order valence-corrected chi connectivity index (χ4v) is 4.46. The Balaban J connectivity index is 1.60. The Labute approximate surface area is 165 Å². The summed E-state index contributed by atoms with van der Waals surface area (Å²) in [5.41, 5.74) is -0.881. The lowest BCUT2D eigenvalue weighted by molar-refractivity contribution is -0.167. The van der Waals surface area contributed by atoms with E-state index in [9.17, 15) is 35.9 Å². The molecule has 4 nitrogen and oxygen atoms in total. The largest absolute Gasteiger partial charge is 0.408 e. The fourth-order valence-electron chi connectivity index (χ4n) is 4.46. The maximum Gasteiger partial charge on any atom is 0.408 e. The van der Waals surface area contributed by atoms with Crippen molar-refractivity contribution in [3.05, 3.63) is 0 Å². The van der Waals surface area contributed by atoms with Crippen LogP contribution < -0.4 is 10.6 Å². The van der Waals surface area contributed by atoms with Crippen molar-refractivity contribution in [1.29, 1.82) is 0 Å². The zero-order chi connectivity index (χ0) is 21.4. The molecule has 29 heavy (non-hydrogen) atoms. The van der Waals surface area contributed by atoms with Crippen LogP contribution in [0.2, 0.25) is 0 Å². The van der Waals surface area contributed by atoms with Gasteiger partial charge in [0.2, 0.25) is 11.8 Å². The van der Waals surface area contributed by atoms with E-state index in [1.165, 1.54) is 0 Å². The van der Waals surface area contributed by atoms with Gasteiger partial charge in [-0.05, 0) is 55.8 Å². The molecule has 0 spiro atoms. The zero-order valence-corrected chi connectivity index (χ0v) is 16.0. The predicted molar refractivity (Wildman–Crippen MR) is 91.6 cm³/mol.